The number of rotatable bonds is 0. The Kier molecular flexibility index (Phi) is 1.35. The number of hydrogen-bond donors (Lipinski definition) is 1. The Hall–Kier alpha value is -0.610. The Morgan fingerprint density at radius 1 is 1.50 bits per heavy atom. The Morgan fingerprint density at radius 2 is 2.40 bits per heavy atom. The predicted octanol–water partition coefficient (Wildman–Crippen LogP) is -1.10. The van der Waals surface area contributed by atoms with Crippen molar-refractivity contribution in [1.29, 1.82) is 0 Å². The maximum absolute atomic E-state index is 10.7. The van der Waals surface area contributed by atoms with Crippen LogP contribution in [0.1, 0.15) is 0 Å². The van der Waals surface area contributed by atoms with Gasteiger partial charge < -0.3 is 14.8 Å². The zero-order valence-electron chi connectivity index (χ0n) is 5.50. The molecule has 0 radical (unpaired) electrons. The Morgan fingerprint density at radius 3 is 3.30 bits per heavy atom. The van der Waals surface area contributed by atoms with Gasteiger partial charge >= 0.3 is 0 Å². The lowest BCUT2D eigenvalue weighted by atomic mass is 10.2. The van der Waals surface area contributed by atoms with Gasteiger partial charge in [-0.1, -0.05) is 0 Å². The van der Waals surface area contributed by atoms with Gasteiger partial charge in [-0.25, -0.2) is 0 Å². The van der Waals surface area contributed by atoms with Crippen LogP contribution in [0.2, 0.25) is 0 Å². The van der Waals surface area contributed by atoms with E-state index in [9.17, 15) is 4.79 Å². The third-order valence-corrected chi connectivity index (χ3v) is 1.80. The van der Waals surface area contributed by atoms with E-state index in [2.05, 4.69) is 5.32 Å². The summed E-state index contributed by atoms with van der Waals surface area (Å²) in [4.78, 5) is 10.7. The van der Waals surface area contributed by atoms with Crippen LogP contribution in [-0.4, -0.2) is 37.9 Å². The number of fused-ring (bicyclic) bond motifs is 1. The molecule has 0 bridgehead atoms. The first-order valence-electron chi connectivity index (χ1n) is 3.35. The fourth-order valence-electron chi connectivity index (χ4n) is 1.26. The maximum Gasteiger partial charge on any atom is 0.246 e. The molecule has 0 aromatic rings. The van der Waals surface area contributed by atoms with Crippen molar-refractivity contribution in [2.45, 2.75) is 12.1 Å². The molecule has 4 heteroatoms. The van der Waals surface area contributed by atoms with Gasteiger partial charge in [0.15, 0.2) is 0 Å². The van der Waals surface area contributed by atoms with E-state index in [0.29, 0.717) is 13.2 Å². The van der Waals surface area contributed by atoms with Crippen molar-refractivity contribution in [3.63, 3.8) is 0 Å². The molecule has 0 aromatic carbocycles. The van der Waals surface area contributed by atoms with E-state index < -0.39 is 0 Å². The Balaban J connectivity index is 2.03. The van der Waals surface area contributed by atoms with Gasteiger partial charge in [-0.15, -0.1) is 0 Å². The Labute approximate surface area is 58.5 Å². The molecule has 2 atom stereocenters. The summed E-state index contributed by atoms with van der Waals surface area (Å²) in [6.45, 7) is 1.39. The van der Waals surface area contributed by atoms with Gasteiger partial charge in [0, 0.05) is 0 Å². The molecule has 10 heavy (non-hydrogen) atoms. The molecule has 56 valence electrons. The quantitative estimate of drug-likeness (QED) is 0.468. The number of carbonyl (C=O) groups is 1. The van der Waals surface area contributed by atoms with Crippen LogP contribution >= 0.6 is 0 Å². The van der Waals surface area contributed by atoms with Crippen LogP contribution < -0.4 is 5.32 Å². The predicted molar refractivity (Wildman–Crippen MR) is 32.5 cm³/mol. The largest absolute Gasteiger partial charge is 0.376 e. The number of carbonyl (C=O) groups excluding carboxylic acids is 1. The highest BCUT2D eigenvalue weighted by atomic mass is 16.6. The van der Waals surface area contributed by atoms with Crippen LogP contribution in [0.5, 0.6) is 0 Å². The second kappa shape index (κ2) is 2.21. The van der Waals surface area contributed by atoms with Crippen molar-refractivity contribution in [2.24, 2.45) is 0 Å². The molecule has 1 N–H and O–H groups in total. The number of amides is 1. The molecule has 2 rings (SSSR count). The van der Waals surface area contributed by atoms with Crippen LogP contribution in [0.3, 0.4) is 0 Å². The maximum atomic E-state index is 10.7. The summed E-state index contributed by atoms with van der Waals surface area (Å²) in [5.41, 5.74) is 0. The Bertz CT molecular complexity index is 159. The molecule has 2 fully saturated rings. The second-order valence-electron chi connectivity index (χ2n) is 2.56. The fraction of sp³-hybridized carbons (Fsp3) is 0.833. The lowest BCUT2D eigenvalue weighted by Gasteiger charge is -2.24. The van der Waals surface area contributed by atoms with E-state index in [1.807, 2.05) is 0 Å². The van der Waals surface area contributed by atoms with Gasteiger partial charge in [-0.2, -0.15) is 0 Å². The number of ether oxygens (including phenoxy) is 2. The summed E-state index contributed by atoms with van der Waals surface area (Å²) in [5, 5.41) is 2.79. The van der Waals surface area contributed by atoms with Gasteiger partial charge in [-0.3, -0.25) is 4.79 Å². The zero-order chi connectivity index (χ0) is 6.97. The topological polar surface area (TPSA) is 47.6 Å². The lowest BCUT2D eigenvalue weighted by molar-refractivity contribution is -0.134. The molecule has 0 saturated carbocycles. The standard InChI is InChI=1S/C6H9NO3/c8-6-3-10-5-2-9-1-4(5)7-6/h4-5H,1-3H2,(H,7,8)/t4-,5-/m1/s1. The minimum Gasteiger partial charge on any atom is -0.376 e. The van der Waals surface area contributed by atoms with Crippen LogP contribution in [0.25, 0.3) is 0 Å². The highest BCUT2D eigenvalue weighted by Gasteiger charge is 2.34. The molecule has 2 saturated heterocycles. The van der Waals surface area contributed by atoms with Gasteiger partial charge in [0.1, 0.15) is 12.7 Å². The third-order valence-electron chi connectivity index (χ3n) is 1.80. The normalized spacial score (nSPS) is 39.0. The fourth-order valence-corrected chi connectivity index (χ4v) is 1.26. The summed E-state index contributed by atoms with van der Waals surface area (Å²) in [6, 6.07) is 0.0984. The lowest BCUT2D eigenvalue weighted by Crippen LogP contribution is -2.50. The van der Waals surface area contributed by atoms with Gasteiger partial charge in [0.25, 0.3) is 0 Å². The van der Waals surface area contributed by atoms with E-state index in [1.54, 1.807) is 0 Å². The number of nitrogens with one attached hydrogen (secondary N) is 1. The molecule has 1 amide bonds. The van der Waals surface area contributed by atoms with Crippen LogP contribution in [0, 0.1) is 0 Å². The van der Waals surface area contributed by atoms with Crippen LogP contribution in [0.4, 0.5) is 0 Å². The summed E-state index contributed by atoms with van der Waals surface area (Å²) >= 11 is 0. The van der Waals surface area contributed by atoms with E-state index in [1.165, 1.54) is 0 Å². The number of hydrogen-bond acceptors (Lipinski definition) is 3. The van der Waals surface area contributed by atoms with Crippen molar-refractivity contribution in [3.05, 3.63) is 0 Å². The average Bonchev–Trinajstić information content (AvgIpc) is 2.33. The molecule has 0 unspecified atom stereocenters. The highest BCUT2D eigenvalue weighted by molar-refractivity contribution is 5.78. The highest BCUT2D eigenvalue weighted by Crippen LogP contribution is 2.12. The number of morpholine rings is 1. The van der Waals surface area contributed by atoms with Crippen molar-refractivity contribution in [3.8, 4) is 0 Å². The molecule has 2 aliphatic rings. The smallest absolute Gasteiger partial charge is 0.246 e. The summed E-state index contributed by atoms with van der Waals surface area (Å²) in [7, 11) is 0. The molecule has 0 aromatic heterocycles. The summed E-state index contributed by atoms with van der Waals surface area (Å²) < 4.78 is 10.3. The SMILES string of the molecule is O=C1CO[C@@H]2COC[C@H]2N1. The van der Waals surface area contributed by atoms with Crippen molar-refractivity contribution in [1.82, 2.24) is 5.32 Å². The minimum absolute atomic E-state index is 0.0354. The first-order chi connectivity index (χ1) is 4.86. The van der Waals surface area contributed by atoms with Crippen molar-refractivity contribution in [2.75, 3.05) is 19.8 Å². The molecule has 0 aliphatic carbocycles. The molecule has 4 nitrogen and oxygen atoms in total. The molecule has 0 spiro atoms. The van der Waals surface area contributed by atoms with Gasteiger partial charge in [0.2, 0.25) is 5.91 Å². The zero-order valence-corrected chi connectivity index (χ0v) is 5.50. The van der Waals surface area contributed by atoms with E-state index in [-0.39, 0.29) is 24.7 Å². The van der Waals surface area contributed by atoms with Gasteiger partial charge in [-0.05, 0) is 0 Å². The molecular formula is C6H9NO3. The van der Waals surface area contributed by atoms with Crippen molar-refractivity contribution < 1.29 is 14.3 Å². The van der Waals surface area contributed by atoms with Crippen LogP contribution in [-0.2, 0) is 14.3 Å². The molecule has 2 aliphatic heterocycles. The summed E-state index contributed by atoms with van der Waals surface area (Å²) in [6.07, 6.45) is 0.0951. The minimum atomic E-state index is -0.0354. The van der Waals surface area contributed by atoms with Crippen molar-refractivity contribution >= 4 is 5.91 Å². The molecular weight excluding hydrogens is 134 g/mol. The second-order valence-corrected chi connectivity index (χ2v) is 2.56. The summed E-state index contributed by atoms with van der Waals surface area (Å²) in [5.74, 6) is -0.0354. The van der Waals surface area contributed by atoms with Gasteiger partial charge in [0.05, 0.1) is 19.3 Å². The molecule has 2 heterocycles. The van der Waals surface area contributed by atoms with E-state index in [4.69, 9.17) is 9.47 Å². The third kappa shape index (κ3) is 0.892. The van der Waals surface area contributed by atoms with E-state index >= 15 is 0 Å². The first kappa shape index (κ1) is 6.12. The van der Waals surface area contributed by atoms with E-state index in [0.717, 1.165) is 0 Å². The first-order valence-corrected chi connectivity index (χ1v) is 3.35. The monoisotopic (exact) mass is 143 g/mol. The average molecular weight is 143 g/mol. The van der Waals surface area contributed by atoms with Crippen LogP contribution in [0.15, 0.2) is 0 Å².